The van der Waals surface area contributed by atoms with Crippen molar-refractivity contribution >= 4 is 45.4 Å². The van der Waals surface area contributed by atoms with Gasteiger partial charge in [-0.1, -0.05) is 36.4 Å². The zero-order valence-corrected chi connectivity index (χ0v) is 20.6. The van der Waals surface area contributed by atoms with Crippen LogP contribution >= 0.6 is 23.1 Å². The maximum absolute atomic E-state index is 13.2. The van der Waals surface area contributed by atoms with Crippen LogP contribution in [-0.2, 0) is 4.79 Å². The van der Waals surface area contributed by atoms with Crippen molar-refractivity contribution in [2.24, 2.45) is 4.99 Å². The number of benzene rings is 2. The first-order valence-corrected chi connectivity index (χ1v) is 12.0. The minimum atomic E-state index is -0.166. The highest BCUT2D eigenvalue weighted by Gasteiger charge is 2.33. The maximum Gasteiger partial charge on any atom is 0.267 e. The molecule has 1 aliphatic rings. The number of amidine groups is 1. The molecule has 0 unspecified atom stereocenters. The number of thiazole rings is 1. The molecule has 0 saturated carbocycles. The molecule has 1 saturated heterocycles. The molecule has 4 rings (SSSR count). The van der Waals surface area contributed by atoms with Crippen molar-refractivity contribution in [1.29, 1.82) is 0 Å². The number of nitrogens with zero attached hydrogens (tertiary/aromatic N) is 3. The number of hydrogen-bond acceptors (Lipinski definition) is 8. The first kappa shape index (κ1) is 23.6. The molecule has 0 aliphatic carbocycles. The van der Waals surface area contributed by atoms with Crippen LogP contribution in [0.5, 0.6) is 17.2 Å². The summed E-state index contributed by atoms with van der Waals surface area (Å²) in [5.41, 5.74) is 2.56. The second-order valence-corrected chi connectivity index (χ2v) is 8.86. The van der Waals surface area contributed by atoms with Gasteiger partial charge in [-0.15, -0.1) is 17.9 Å². The highest BCUT2D eigenvalue weighted by atomic mass is 32.2. The normalized spacial score (nSPS) is 15.7. The Bertz CT molecular complexity index is 1270. The van der Waals surface area contributed by atoms with Crippen LogP contribution in [0.15, 0.2) is 70.4 Å². The Morgan fingerprint density at radius 1 is 1.06 bits per heavy atom. The Balaban J connectivity index is 1.69. The van der Waals surface area contributed by atoms with E-state index in [2.05, 4.69) is 16.6 Å². The Kier molecular flexibility index (Phi) is 7.34. The largest absolute Gasteiger partial charge is 0.493 e. The van der Waals surface area contributed by atoms with Crippen LogP contribution in [-0.4, -0.2) is 48.8 Å². The van der Waals surface area contributed by atoms with E-state index in [0.717, 1.165) is 11.3 Å². The summed E-state index contributed by atoms with van der Waals surface area (Å²) in [6.07, 6.45) is 3.44. The molecular formula is C25H23N3O4S2. The molecule has 2 aromatic carbocycles. The quantitative estimate of drug-likeness (QED) is 0.299. The lowest BCUT2D eigenvalue weighted by molar-refractivity contribution is -0.121. The second-order valence-electron chi connectivity index (χ2n) is 7.01. The van der Waals surface area contributed by atoms with Crippen LogP contribution in [0.4, 0.5) is 5.13 Å². The fraction of sp³-hybridized carbons (Fsp3) is 0.160. The van der Waals surface area contributed by atoms with Gasteiger partial charge in [0.1, 0.15) is 0 Å². The van der Waals surface area contributed by atoms with Gasteiger partial charge in [-0.05, 0) is 30.0 Å². The van der Waals surface area contributed by atoms with Crippen molar-refractivity contribution in [2.75, 3.05) is 27.9 Å². The molecule has 174 valence electrons. The number of thioether (sulfide) groups is 1. The van der Waals surface area contributed by atoms with E-state index in [-0.39, 0.29) is 5.91 Å². The Morgan fingerprint density at radius 2 is 1.82 bits per heavy atom. The molecule has 0 atom stereocenters. The van der Waals surface area contributed by atoms with Crippen molar-refractivity contribution in [3.05, 3.63) is 71.0 Å². The number of methoxy groups -OCH3 is 3. The van der Waals surface area contributed by atoms with Crippen LogP contribution in [0.25, 0.3) is 17.3 Å². The smallest absolute Gasteiger partial charge is 0.267 e. The third-order valence-electron chi connectivity index (χ3n) is 4.97. The number of carbonyl (C=O) groups is 1. The minimum Gasteiger partial charge on any atom is -0.493 e. The Morgan fingerprint density at radius 3 is 2.50 bits per heavy atom. The maximum atomic E-state index is 13.2. The molecule has 0 N–H and O–H groups in total. The summed E-state index contributed by atoms with van der Waals surface area (Å²) in [4.78, 5) is 24.6. The number of carbonyl (C=O) groups excluding carboxylic acids is 1. The lowest BCUT2D eigenvalue weighted by atomic mass is 10.1. The lowest BCUT2D eigenvalue weighted by Gasteiger charge is -2.14. The van der Waals surface area contributed by atoms with Crippen molar-refractivity contribution in [3.8, 4) is 28.5 Å². The van der Waals surface area contributed by atoms with Gasteiger partial charge in [-0.3, -0.25) is 9.69 Å². The summed E-state index contributed by atoms with van der Waals surface area (Å²) < 4.78 is 16.4. The third-order valence-corrected chi connectivity index (χ3v) is 6.72. The van der Waals surface area contributed by atoms with Crippen molar-refractivity contribution in [3.63, 3.8) is 0 Å². The summed E-state index contributed by atoms with van der Waals surface area (Å²) in [7, 11) is 4.65. The van der Waals surface area contributed by atoms with E-state index < -0.39 is 0 Å². The standard InChI is InChI=1S/C25H23N3O4S2/c1-5-13-28-23(29)20(14-17-11-12-19(30-2)22(32-4)21(17)31-3)34-25(28)27-24-26-18(15-33-24)16-9-7-6-8-10-16/h5-12,14-15H,1,13H2,2-4H3/b20-14-,27-25+. The van der Waals surface area contributed by atoms with Gasteiger partial charge in [0.25, 0.3) is 5.91 Å². The fourth-order valence-electron chi connectivity index (χ4n) is 3.40. The summed E-state index contributed by atoms with van der Waals surface area (Å²) >= 11 is 2.71. The number of ether oxygens (including phenoxy) is 3. The van der Waals surface area contributed by atoms with E-state index >= 15 is 0 Å². The molecular weight excluding hydrogens is 470 g/mol. The van der Waals surface area contributed by atoms with Crippen LogP contribution in [0.2, 0.25) is 0 Å². The fourth-order valence-corrected chi connectivity index (χ4v) is 5.13. The average Bonchev–Trinajstić information content (AvgIpc) is 3.45. The first-order valence-electron chi connectivity index (χ1n) is 10.3. The van der Waals surface area contributed by atoms with Gasteiger partial charge in [0.05, 0.1) is 31.9 Å². The van der Waals surface area contributed by atoms with E-state index in [1.54, 1.807) is 44.4 Å². The molecule has 34 heavy (non-hydrogen) atoms. The Labute approximate surface area is 206 Å². The van der Waals surface area contributed by atoms with E-state index in [1.165, 1.54) is 23.1 Å². The number of hydrogen-bond donors (Lipinski definition) is 0. The van der Waals surface area contributed by atoms with E-state index in [0.29, 0.717) is 44.6 Å². The third kappa shape index (κ3) is 4.71. The molecule has 2 heterocycles. The number of aromatic nitrogens is 1. The lowest BCUT2D eigenvalue weighted by Crippen LogP contribution is -2.29. The van der Waals surface area contributed by atoms with Gasteiger partial charge < -0.3 is 14.2 Å². The van der Waals surface area contributed by atoms with E-state index in [1.807, 2.05) is 41.8 Å². The zero-order valence-electron chi connectivity index (χ0n) is 19.0. The molecule has 3 aromatic rings. The average molecular weight is 494 g/mol. The van der Waals surface area contributed by atoms with Gasteiger partial charge in [0, 0.05) is 23.1 Å². The van der Waals surface area contributed by atoms with Gasteiger partial charge >= 0.3 is 0 Å². The molecule has 0 spiro atoms. The number of rotatable bonds is 8. The minimum absolute atomic E-state index is 0.166. The predicted molar refractivity (Wildman–Crippen MR) is 138 cm³/mol. The molecule has 1 aromatic heterocycles. The van der Waals surface area contributed by atoms with Crippen LogP contribution in [0.3, 0.4) is 0 Å². The van der Waals surface area contributed by atoms with E-state index in [4.69, 9.17) is 14.2 Å². The van der Waals surface area contributed by atoms with Gasteiger partial charge in [0.2, 0.25) is 10.9 Å². The molecule has 7 nitrogen and oxygen atoms in total. The SMILES string of the molecule is C=CCN1C(=O)/C(=C/c2ccc(OC)c(OC)c2OC)S/C1=N/c1nc(-c2ccccc2)cs1. The molecule has 1 fully saturated rings. The predicted octanol–water partition coefficient (Wildman–Crippen LogP) is 5.63. The van der Waals surface area contributed by atoms with Crippen molar-refractivity contribution < 1.29 is 19.0 Å². The zero-order chi connectivity index (χ0) is 24.1. The summed E-state index contributed by atoms with van der Waals surface area (Å²) in [6.45, 7) is 4.12. The van der Waals surface area contributed by atoms with Crippen LogP contribution < -0.4 is 14.2 Å². The van der Waals surface area contributed by atoms with Crippen LogP contribution in [0.1, 0.15) is 5.56 Å². The molecule has 1 amide bonds. The van der Waals surface area contributed by atoms with Gasteiger partial charge in [-0.2, -0.15) is 4.99 Å². The molecule has 1 aliphatic heterocycles. The molecule has 9 heteroatoms. The van der Waals surface area contributed by atoms with Crippen molar-refractivity contribution in [1.82, 2.24) is 9.88 Å². The van der Waals surface area contributed by atoms with Crippen LogP contribution in [0, 0.1) is 0 Å². The summed E-state index contributed by atoms with van der Waals surface area (Å²) in [5, 5.41) is 3.08. The summed E-state index contributed by atoms with van der Waals surface area (Å²) in [6, 6.07) is 13.5. The topological polar surface area (TPSA) is 73.2 Å². The molecule has 0 radical (unpaired) electrons. The molecule has 0 bridgehead atoms. The highest BCUT2D eigenvalue weighted by Crippen LogP contribution is 2.42. The number of amides is 1. The summed E-state index contributed by atoms with van der Waals surface area (Å²) in [5.74, 6) is 1.32. The first-order chi connectivity index (χ1) is 16.6. The Hall–Kier alpha value is -3.56. The monoisotopic (exact) mass is 493 g/mol. The van der Waals surface area contributed by atoms with E-state index in [9.17, 15) is 4.79 Å². The van der Waals surface area contributed by atoms with Gasteiger partial charge in [-0.25, -0.2) is 4.98 Å². The highest BCUT2D eigenvalue weighted by molar-refractivity contribution is 8.18. The number of aliphatic imine (C=N–C) groups is 1. The van der Waals surface area contributed by atoms with Crippen molar-refractivity contribution in [2.45, 2.75) is 0 Å². The second kappa shape index (κ2) is 10.6. The van der Waals surface area contributed by atoms with Gasteiger partial charge in [0.15, 0.2) is 16.7 Å².